The molecular weight excluding hydrogens is 394 g/mol. The number of hydrogen-bond donors (Lipinski definition) is 0. The molecule has 1 saturated heterocycles. The zero-order chi connectivity index (χ0) is 21.2. The molecule has 1 aromatic carbocycles. The number of carbonyl (C=O) groups excluding carboxylic acids is 3. The standard InChI is InChI=1S/C21H24ClN3O4/c1-21(2,11-17(26)14-6-8-15(22)9-7-14)20(28)29-18-5-4-10-25(19(18)27)16-12-23-24(3)13-16/h6-9,12-13,18H,4-5,10-11H2,1-3H3. The maximum absolute atomic E-state index is 12.8. The smallest absolute Gasteiger partial charge is 0.312 e. The van der Waals surface area contributed by atoms with Crippen LogP contribution in [-0.2, 0) is 21.4 Å². The van der Waals surface area contributed by atoms with Crippen LogP contribution in [0.5, 0.6) is 0 Å². The number of amides is 1. The van der Waals surface area contributed by atoms with Gasteiger partial charge in [0.2, 0.25) is 0 Å². The normalized spacial score (nSPS) is 17.3. The Morgan fingerprint density at radius 3 is 2.59 bits per heavy atom. The number of anilines is 1. The fourth-order valence-corrected chi connectivity index (χ4v) is 3.38. The third kappa shape index (κ3) is 4.85. The summed E-state index contributed by atoms with van der Waals surface area (Å²) in [6.07, 6.45) is 3.64. The summed E-state index contributed by atoms with van der Waals surface area (Å²) in [6, 6.07) is 6.52. The lowest BCUT2D eigenvalue weighted by Crippen LogP contribution is -2.47. The highest BCUT2D eigenvalue weighted by atomic mass is 35.5. The van der Waals surface area contributed by atoms with Crippen molar-refractivity contribution in [3.63, 3.8) is 0 Å². The van der Waals surface area contributed by atoms with Crippen molar-refractivity contribution in [2.45, 2.75) is 39.2 Å². The Morgan fingerprint density at radius 1 is 1.28 bits per heavy atom. The van der Waals surface area contributed by atoms with E-state index in [0.717, 1.165) is 0 Å². The zero-order valence-corrected chi connectivity index (χ0v) is 17.5. The van der Waals surface area contributed by atoms with Gasteiger partial charge in [-0.15, -0.1) is 0 Å². The summed E-state index contributed by atoms with van der Waals surface area (Å²) in [6.45, 7) is 3.85. The lowest BCUT2D eigenvalue weighted by molar-refractivity contribution is -0.164. The van der Waals surface area contributed by atoms with E-state index in [1.54, 1.807) is 67.1 Å². The highest BCUT2D eigenvalue weighted by molar-refractivity contribution is 6.30. The van der Waals surface area contributed by atoms with Crippen molar-refractivity contribution in [2.24, 2.45) is 12.5 Å². The van der Waals surface area contributed by atoms with Crippen molar-refractivity contribution >= 4 is 34.9 Å². The minimum atomic E-state index is -1.06. The van der Waals surface area contributed by atoms with Gasteiger partial charge in [0.25, 0.3) is 5.91 Å². The number of rotatable bonds is 6. The highest BCUT2D eigenvalue weighted by Crippen LogP contribution is 2.28. The molecule has 0 saturated carbocycles. The van der Waals surface area contributed by atoms with Crippen LogP contribution in [0.15, 0.2) is 36.7 Å². The first-order valence-corrected chi connectivity index (χ1v) is 9.85. The molecule has 1 aliphatic heterocycles. The van der Waals surface area contributed by atoms with Gasteiger partial charge in [-0.3, -0.25) is 19.1 Å². The number of ketones is 1. The zero-order valence-electron chi connectivity index (χ0n) is 16.7. The number of Topliss-reactive ketones (excluding diaryl/α,β-unsaturated/α-hetero) is 1. The number of carbonyl (C=O) groups is 3. The van der Waals surface area contributed by atoms with Gasteiger partial charge in [0, 0.05) is 36.8 Å². The lowest BCUT2D eigenvalue weighted by atomic mass is 9.85. The number of nitrogens with zero attached hydrogens (tertiary/aromatic N) is 3. The number of halogens is 1. The minimum absolute atomic E-state index is 0.0271. The average molecular weight is 418 g/mol. The first kappa shape index (κ1) is 21.0. The van der Waals surface area contributed by atoms with E-state index in [1.807, 2.05) is 0 Å². The largest absolute Gasteiger partial charge is 0.452 e. The first-order valence-electron chi connectivity index (χ1n) is 9.47. The number of aromatic nitrogens is 2. The molecular formula is C21H24ClN3O4. The van der Waals surface area contributed by atoms with Crippen LogP contribution >= 0.6 is 11.6 Å². The van der Waals surface area contributed by atoms with E-state index in [4.69, 9.17) is 16.3 Å². The molecule has 1 aliphatic rings. The summed E-state index contributed by atoms with van der Waals surface area (Å²) >= 11 is 5.85. The first-order chi connectivity index (χ1) is 13.7. The van der Waals surface area contributed by atoms with Crippen molar-refractivity contribution in [1.82, 2.24) is 9.78 Å². The van der Waals surface area contributed by atoms with E-state index in [9.17, 15) is 14.4 Å². The van der Waals surface area contributed by atoms with Gasteiger partial charge >= 0.3 is 5.97 Å². The Kier molecular flexibility index (Phi) is 6.07. The number of ether oxygens (including phenoxy) is 1. The fourth-order valence-electron chi connectivity index (χ4n) is 3.26. The van der Waals surface area contributed by atoms with E-state index >= 15 is 0 Å². The van der Waals surface area contributed by atoms with Crippen molar-refractivity contribution in [3.8, 4) is 0 Å². The fraction of sp³-hybridized carbons (Fsp3) is 0.429. The van der Waals surface area contributed by atoms with Crippen LogP contribution in [0, 0.1) is 5.41 Å². The van der Waals surface area contributed by atoms with Crippen LogP contribution in [0.2, 0.25) is 5.02 Å². The number of benzene rings is 1. The van der Waals surface area contributed by atoms with Crippen LogP contribution in [0.25, 0.3) is 0 Å². The van der Waals surface area contributed by atoms with Crippen LogP contribution in [0.1, 0.15) is 43.5 Å². The molecule has 1 aromatic heterocycles. The SMILES string of the molecule is Cn1cc(N2CCCC(OC(=O)C(C)(C)CC(=O)c3ccc(Cl)cc3)C2=O)cn1. The van der Waals surface area contributed by atoms with Gasteiger partial charge in [-0.25, -0.2) is 0 Å². The Morgan fingerprint density at radius 2 is 1.97 bits per heavy atom. The van der Waals surface area contributed by atoms with Gasteiger partial charge in [-0.05, 0) is 51.0 Å². The topological polar surface area (TPSA) is 81.5 Å². The molecule has 0 bridgehead atoms. The summed E-state index contributed by atoms with van der Waals surface area (Å²) in [5, 5.41) is 4.62. The quantitative estimate of drug-likeness (QED) is 0.531. The summed E-state index contributed by atoms with van der Waals surface area (Å²) in [5.74, 6) is -1.01. The third-order valence-electron chi connectivity index (χ3n) is 4.96. The molecule has 0 N–H and O–H groups in total. The Bertz CT molecular complexity index is 920. The molecule has 3 rings (SSSR count). The molecule has 0 radical (unpaired) electrons. The predicted molar refractivity (Wildman–Crippen MR) is 109 cm³/mol. The minimum Gasteiger partial charge on any atom is -0.452 e. The van der Waals surface area contributed by atoms with Gasteiger partial charge in [0.15, 0.2) is 11.9 Å². The van der Waals surface area contributed by atoms with Crippen molar-refractivity contribution in [1.29, 1.82) is 0 Å². The molecule has 2 aromatic rings. The van der Waals surface area contributed by atoms with Gasteiger partial charge in [-0.2, -0.15) is 5.10 Å². The Labute approximate surface area is 174 Å². The summed E-state index contributed by atoms with van der Waals surface area (Å²) in [5.41, 5.74) is 0.0929. The molecule has 1 fully saturated rings. The Balaban J connectivity index is 1.65. The van der Waals surface area contributed by atoms with E-state index in [1.165, 1.54) is 0 Å². The molecule has 0 aliphatic carbocycles. The molecule has 29 heavy (non-hydrogen) atoms. The average Bonchev–Trinajstić information content (AvgIpc) is 3.09. The molecule has 1 amide bonds. The maximum atomic E-state index is 12.8. The number of hydrogen-bond acceptors (Lipinski definition) is 5. The highest BCUT2D eigenvalue weighted by Gasteiger charge is 2.38. The van der Waals surface area contributed by atoms with E-state index < -0.39 is 17.5 Å². The molecule has 154 valence electrons. The summed E-state index contributed by atoms with van der Waals surface area (Å²) in [4.78, 5) is 39.7. The van der Waals surface area contributed by atoms with Crippen LogP contribution in [0.4, 0.5) is 5.69 Å². The second-order valence-corrected chi connectivity index (χ2v) is 8.33. The number of aryl methyl sites for hydroxylation is 1. The van der Waals surface area contributed by atoms with E-state index in [0.29, 0.717) is 35.7 Å². The van der Waals surface area contributed by atoms with E-state index in [-0.39, 0.29) is 18.1 Å². The Hall–Kier alpha value is -2.67. The van der Waals surface area contributed by atoms with Crippen LogP contribution in [0.3, 0.4) is 0 Å². The van der Waals surface area contributed by atoms with Gasteiger partial charge in [0.1, 0.15) is 0 Å². The molecule has 7 nitrogen and oxygen atoms in total. The molecule has 8 heteroatoms. The van der Waals surface area contributed by atoms with Gasteiger partial charge in [0.05, 0.1) is 17.3 Å². The maximum Gasteiger partial charge on any atom is 0.312 e. The molecule has 1 atom stereocenters. The van der Waals surface area contributed by atoms with Crippen LogP contribution < -0.4 is 4.90 Å². The summed E-state index contributed by atoms with van der Waals surface area (Å²) < 4.78 is 7.17. The van der Waals surface area contributed by atoms with E-state index in [2.05, 4.69) is 5.10 Å². The second kappa shape index (κ2) is 8.37. The molecule has 2 heterocycles. The lowest BCUT2D eigenvalue weighted by Gasteiger charge is -2.32. The third-order valence-corrected chi connectivity index (χ3v) is 5.21. The predicted octanol–water partition coefficient (Wildman–Crippen LogP) is 3.41. The van der Waals surface area contributed by atoms with Gasteiger partial charge in [-0.1, -0.05) is 11.6 Å². The second-order valence-electron chi connectivity index (χ2n) is 7.89. The van der Waals surface area contributed by atoms with Crippen molar-refractivity contribution < 1.29 is 19.1 Å². The monoisotopic (exact) mass is 417 g/mol. The molecule has 1 unspecified atom stereocenters. The van der Waals surface area contributed by atoms with Crippen LogP contribution in [-0.4, -0.2) is 40.1 Å². The number of piperidine rings is 1. The van der Waals surface area contributed by atoms with Crippen molar-refractivity contribution in [3.05, 3.63) is 47.2 Å². The van der Waals surface area contributed by atoms with Gasteiger partial charge < -0.3 is 9.64 Å². The van der Waals surface area contributed by atoms with Crippen molar-refractivity contribution in [2.75, 3.05) is 11.4 Å². The number of esters is 1. The summed E-state index contributed by atoms with van der Waals surface area (Å²) in [7, 11) is 1.77. The molecule has 0 spiro atoms.